The Bertz CT molecular complexity index is 880. The molecule has 0 aliphatic carbocycles. The number of halogens is 1. The molecule has 0 unspecified atom stereocenters. The molecule has 1 aliphatic rings. The minimum Gasteiger partial charge on any atom is -0.490 e. The zero-order valence-electron chi connectivity index (χ0n) is 16.0. The van der Waals surface area contributed by atoms with E-state index in [4.69, 9.17) is 16.3 Å². The molecule has 6 nitrogen and oxygen atoms in total. The number of carbonyl (C=O) groups is 2. The Morgan fingerprint density at radius 1 is 1.14 bits per heavy atom. The van der Waals surface area contributed by atoms with Gasteiger partial charge in [0.05, 0.1) is 6.54 Å². The average molecular weight is 403 g/mol. The Morgan fingerprint density at radius 2 is 1.75 bits per heavy atom. The Labute approximate surface area is 169 Å². The van der Waals surface area contributed by atoms with Gasteiger partial charge >= 0.3 is 6.03 Å². The van der Waals surface area contributed by atoms with Gasteiger partial charge in [-0.05, 0) is 49.6 Å². The monoisotopic (exact) mass is 402 g/mol. The van der Waals surface area contributed by atoms with E-state index in [0.29, 0.717) is 16.3 Å². The zero-order chi connectivity index (χ0) is 20.5. The first kappa shape index (κ1) is 20.2. The molecule has 1 heterocycles. The van der Waals surface area contributed by atoms with Crippen LogP contribution in [0, 0.1) is 13.8 Å². The maximum Gasteiger partial charge on any atom is 0.325 e. The second-order valence-corrected chi connectivity index (χ2v) is 7.60. The van der Waals surface area contributed by atoms with Gasteiger partial charge < -0.3 is 15.2 Å². The first-order valence-corrected chi connectivity index (χ1v) is 9.37. The topological polar surface area (TPSA) is 78.9 Å². The van der Waals surface area contributed by atoms with E-state index in [-0.39, 0.29) is 13.2 Å². The van der Waals surface area contributed by atoms with Crippen LogP contribution in [-0.2, 0) is 10.3 Å². The van der Waals surface area contributed by atoms with Crippen LogP contribution in [0.2, 0.25) is 5.02 Å². The first-order chi connectivity index (χ1) is 13.2. The minimum atomic E-state index is -1.20. The maximum atomic E-state index is 12.9. The molecule has 3 rings (SSSR count). The summed E-state index contributed by atoms with van der Waals surface area (Å²) >= 11 is 5.90. The number of aliphatic hydroxyl groups excluding tert-OH is 1. The van der Waals surface area contributed by atoms with E-state index in [2.05, 4.69) is 5.32 Å². The lowest BCUT2D eigenvalue weighted by Gasteiger charge is -2.23. The molecule has 148 valence electrons. The van der Waals surface area contributed by atoms with E-state index in [1.165, 1.54) is 0 Å². The van der Waals surface area contributed by atoms with E-state index in [1.54, 1.807) is 31.2 Å². The van der Waals surface area contributed by atoms with Crippen LogP contribution >= 0.6 is 11.6 Å². The highest BCUT2D eigenvalue weighted by atomic mass is 35.5. The lowest BCUT2D eigenvalue weighted by Crippen LogP contribution is -2.42. The number of hydrogen-bond donors (Lipinski definition) is 2. The van der Waals surface area contributed by atoms with Crippen LogP contribution < -0.4 is 10.1 Å². The van der Waals surface area contributed by atoms with Gasteiger partial charge in [-0.25, -0.2) is 4.79 Å². The second kappa shape index (κ2) is 7.81. The van der Waals surface area contributed by atoms with Gasteiger partial charge in [0.15, 0.2) is 0 Å². The van der Waals surface area contributed by atoms with Crippen molar-refractivity contribution in [1.29, 1.82) is 0 Å². The summed E-state index contributed by atoms with van der Waals surface area (Å²) in [7, 11) is 0. The normalized spacial score (nSPS) is 20.2. The van der Waals surface area contributed by atoms with E-state index < -0.39 is 23.6 Å². The van der Waals surface area contributed by atoms with Gasteiger partial charge in [0.1, 0.15) is 24.0 Å². The van der Waals surface area contributed by atoms with Crippen molar-refractivity contribution >= 4 is 23.5 Å². The molecular weight excluding hydrogens is 380 g/mol. The van der Waals surface area contributed by atoms with Gasteiger partial charge in [-0.15, -0.1) is 0 Å². The number of nitrogens with one attached hydrogen (secondary N) is 1. The number of carbonyl (C=O) groups excluding carboxylic acids is 2. The van der Waals surface area contributed by atoms with E-state index in [9.17, 15) is 14.7 Å². The molecule has 0 saturated carbocycles. The lowest BCUT2D eigenvalue weighted by atomic mass is 9.92. The summed E-state index contributed by atoms with van der Waals surface area (Å²) < 4.78 is 5.73. The van der Waals surface area contributed by atoms with Gasteiger partial charge in [-0.2, -0.15) is 0 Å². The summed E-state index contributed by atoms with van der Waals surface area (Å²) in [4.78, 5) is 26.3. The molecule has 2 atom stereocenters. The van der Waals surface area contributed by atoms with Crippen molar-refractivity contribution in [2.45, 2.75) is 32.4 Å². The molecular formula is C21H23ClN2O4. The number of urea groups is 1. The molecule has 1 aliphatic heterocycles. The average Bonchev–Trinajstić information content (AvgIpc) is 2.86. The van der Waals surface area contributed by atoms with Crippen LogP contribution in [0.4, 0.5) is 4.79 Å². The molecule has 2 N–H and O–H groups in total. The van der Waals surface area contributed by atoms with Crippen molar-refractivity contribution in [1.82, 2.24) is 10.2 Å². The third-order valence-electron chi connectivity index (χ3n) is 4.92. The lowest BCUT2D eigenvalue weighted by molar-refractivity contribution is -0.132. The molecule has 1 saturated heterocycles. The number of rotatable bonds is 6. The number of para-hydroxylation sites is 1. The number of aryl methyl sites for hydroxylation is 2. The SMILES string of the molecule is Cc1cccc(C)c1OC[C@@H](O)CN1C(=O)N[C@](C)(c2ccc(Cl)cc2)C1=O. The van der Waals surface area contributed by atoms with Crippen molar-refractivity contribution in [2.24, 2.45) is 0 Å². The third-order valence-corrected chi connectivity index (χ3v) is 5.17. The van der Waals surface area contributed by atoms with E-state index >= 15 is 0 Å². The fraction of sp³-hybridized carbons (Fsp3) is 0.333. The van der Waals surface area contributed by atoms with Crippen LogP contribution in [0.3, 0.4) is 0 Å². The van der Waals surface area contributed by atoms with Gasteiger partial charge in [-0.1, -0.05) is 41.9 Å². The molecule has 0 spiro atoms. The van der Waals surface area contributed by atoms with E-state index in [0.717, 1.165) is 16.0 Å². The van der Waals surface area contributed by atoms with E-state index in [1.807, 2.05) is 32.0 Å². The number of aliphatic hydroxyl groups is 1. The van der Waals surface area contributed by atoms with Crippen LogP contribution in [0.1, 0.15) is 23.6 Å². The number of benzene rings is 2. The molecule has 28 heavy (non-hydrogen) atoms. The zero-order valence-corrected chi connectivity index (χ0v) is 16.8. The van der Waals surface area contributed by atoms with Gasteiger partial charge in [0.25, 0.3) is 5.91 Å². The van der Waals surface area contributed by atoms with Crippen LogP contribution in [0.25, 0.3) is 0 Å². The maximum absolute atomic E-state index is 12.9. The summed E-state index contributed by atoms with van der Waals surface area (Å²) in [5.41, 5.74) is 1.34. The second-order valence-electron chi connectivity index (χ2n) is 7.16. The Balaban J connectivity index is 1.68. The summed E-state index contributed by atoms with van der Waals surface area (Å²) in [5.74, 6) is 0.274. The van der Waals surface area contributed by atoms with Crippen molar-refractivity contribution in [3.05, 3.63) is 64.2 Å². The fourth-order valence-corrected chi connectivity index (χ4v) is 3.44. The Kier molecular flexibility index (Phi) is 5.63. The largest absolute Gasteiger partial charge is 0.490 e. The quantitative estimate of drug-likeness (QED) is 0.727. The van der Waals surface area contributed by atoms with Crippen molar-refractivity contribution in [3.8, 4) is 5.75 Å². The molecule has 3 amide bonds. The van der Waals surface area contributed by atoms with Crippen molar-refractivity contribution < 1.29 is 19.4 Å². The van der Waals surface area contributed by atoms with Crippen molar-refractivity contribution in [3.63, 3.8) is 0 Å². The van der Waals surface area contributed by atoms with Crippen molar-refractivity contribution in [2.75, 3.05) is 13.2 Å². The number of hydrogen-bond acceptors (Lipinski definition) is 4. The molecule has 2 aromatic carbocycles. The van der Waals surface area contributed by atoms with Gasteiger partial charge in [-0.3, -0.25) is 9.69 Å². The van der Waals surface area contributed by atoms with Gasteiger partial charge in [0, 0.05) is 5.02 Å². The highest BCUT2D eigenvalue weighted by molar-refractivity contribution is 6.30. The molecule has 7 heteroatoms. The molecule has 0 aromatic heterocycles. The van der Waals surface area contributed by atoms with Crippen LogP contribution in [0.15, 0.2) is 42.5 Å². The number of β-amino-alcohol motifs (C(OH)–C–C–N with tert-alkyl or cyclic N) is 1. The Hall–Kier alpha value is -2.57. The highest BCUT2D eigenvalue weighted by Crippen LogP contribution is 2.30. The molecule has 0 radical (unpaired) electrons. The number of imide groups is 1. The predicted molar refractivity (Wildman–Crippen MR) is 106 cm³/mol. The molecule has 2 aromatic rings. The summed E-state index contributed by atoms with van der Waals surface area (Å²) in [5, 5.41) is 13.6. The number of ether oxygens (including phenoxy) is 1. The summed E-state index contributed by atoms with van der Waals surface area (Å²) in [6.45, 7) is 5.29. The van der Waals surface area contributed by atoms with Crippen LogP contribution in [0.5, 0.6) is 5.75 Å². The number of amides is 3. The fourth-order valence-electron chi connectivity index (χ4n) is 3.31. The predicted octanol–water partition coefficient (Wildman–Crippen LogP) is 3.16. The molecule has 1 fully saturated rings. The van der Waals surface area contributed by atoms with Crippen LogP contribution in [-0.4, -0.2) is 41.2 Å². The smallest absolute Gasteiger partial charge is 0.325 e. The minimum absolute atomic E-state index is 0.0274. The third kappa shape index (κ3) is 3.84. The standard InChI is InChI=1S/C21H23ClN2O4/c1-13-5-4-6-14(2)18(13)28-12-17(25)11-24-19(26)21(3,23-20(24)27)15-7-9-16(22)10-8-15/h4-10,17,25H,11-12H2,1-3H3,(H,23,27)/t17-,21+/m0/s1. The number of nitrogens with zero attached hydrogens (tertiary/aromatic N) is 1. The van der Waals surface area contributed by atoms with Gasteiger partial charge in [0.2, 0.25) is 0 Å². The molecule has 0 bridgehead atoms. The summed E-state index contributed by atoms with van der Waals surface area (Å²) in [6.07, 6.45) is -1.01. The highest BCUT2D eigenvalue weighted by Gasteiger charge is 2.49. The first-order valence-electron chi connectivity index (χ1n) is 8.99. The Morgan fingerprint density at radius 3 is 2.36 bits per heavy atom. The summed E-state index contributed by atoms with van der Waals surface area (Å²) in [6, 6.07) is 11.9.